The zero-order valence-electron chi connectivity index (χ0n) is 12.4. The minimum Gasteiger partial charge on any atom is -0.452 e. The Bertz CT molecular complexity index is 551. The second-order valence-corrected chi connectivity index (χ2v) is 4.86. The number of hydrogen-bond donors (Lipinski definition) is 2. The standard InChI is InChI=1S/C14H18ClN3O4/c1-3-6-17-13(20)9(2)18-11(19)8-22-14(21)10-5-4-7-16-12(10)15/h4-5,7,9H,3,6,8H2,1-2H3,(H,17,20)(H,18,19)/t9-/m1/s1. The molecule has 2 amide bonds. The van der Waals surface area contributed by atoms with E-state index in [4.69, 9.17) is 16.3 Å². The van der Waals surface area contributed by atoms with E-state index in [0.29, 0.717) is 6.54 Å². The fourth-order valence-electron chi connectivity index (χ4n) is 1.50. The molecule has 0 unspecified atom stereocenters. The number of esters is 1. The predicted molar refractivity (Wildman–Crippen MR) is 80.4 cm³/mol. The molecular weight excluding hydrogens is 310 g/mol. The second-order valence-electron chi connectivity index (χ2n) is 4.50. The van der Waals surface area contributed by atoms with Crippen LogP contribution in [0.4, 0.5) is 0 Å². The molecule has 1 rings (SSSR count). The highest BCUT2D eigenvalue weighted by Crippen LogP contribution is 2.12. The topological polar surface area (TPSA) is 97.4 Å². The van der Waals surface area contributed by atoms with Gasteiger partial charge in [0.2, 0.25) is 5.91 Å². The van der Waals surface area contributed by atoms with Crippen molar-refractivity contribution in [2.75, 3.05) is 13.2 Å². The van der Waals surface area contributed by atoms with E-state index in [9.17, 15) is 14.4 Å². The first-order valence-electron chi connectivity index (χ1n) is 6.80. The normalized spacial score (nSPS) is 11.4. The third-order valence-electron chi connectivity index (χ3n) is 2.63. The summed E-state index contributed by atoms with van der Waals surface area (Å²) in [6.45, 7) is 3.50. The van der Waals surface area contributed by atoms with Crippen LogP contribution >= 0.6 is 11.6 Å². The van der Waals surface area contributed by atoms with E-state index < -0.39 is 24.5 Å². The fourth-order valence-corrected chi connectivity index (χ4v) is 1.69. The summed E-state index contributed by atoms with van der Waals surface area (Å²) in [5, 5.41) is 5.08. The molecule has 22 heavy (non-hydrogen) atoms. The first-order valence-corrected chi connectivity index (χ1v) is 7.18. The van der Waals surface area contributed by atoms with Gasteiger partial charge in [-0.1, -0.05) is 18.5 Å². The molecule has 1 aromatic heterocycles. The van der Waals surface area contributed by atoms with Crippen molar-refractivity contribution in [1.29, 1.82) is 0 Å². The first kappa shape index (κ1) is 17.9. The smallest absolute Gasteiger partial charge is 0.341 e. The van der Waals surface area contributed by atoms with Crippen LogP contribution < -0.4 is 10.6 Å². The van der Waals surface area contributed by atoms with Crippen LogP contribution in [0.15, 0.2) is 18.3 Å². The Morgan fingerprint density at radius 3 is 2.77 bits per heavy atom. The molecule has 8 heteroatoms. The van der Waals surface area contributed by atoms with Gasteiger partial charge in [-0.15, -0.1) is 0 Å². The van der Waals surface area contributed by atoms with Gasteiger partial charge < -0.3 is 15.4 Å². The van der Waals surface area contributed by atoms with Gasteiger partial charge in [0.1, 0.15) is 11.2 Å². The molecule has 0 spiro atoms. The lowest BCUT2D eigenvalue weighted by molar-refractivity contribution is -0.130. The fraction of sp³-hybridized carbons (Fsp3) is 0.429. The first-order chi connectivity index (χ1) is 10.5. The van der Waals surface area contributed by atoms with Crippen LogP contribution in [-0.2, 0) is 14.3 Å². The van der Waals surface area contributed by atoms with Gasteiger partial charge in [-0.05, 0) is 25.5 Å². The van der Waals surface area contributed by atoms with Crippen LogP contribution in [0.3, 0.4) is 0 Å². The Morgan fingerprint density at radius 1 is 1.41 bits per heavy atom. The van der Waals surface area contributed by atoms with Crippen molar-refractivity contribution < 1.29 is 19.1 Å². The molecule has 0 aliphatic heterocycles. The second kappa shape index (κ2) is 8.99. The molecule has 1 heterocycles. The number of pyridine rings is 1. The average molecular weight is 328 g/mol. The zero-order valence-corrected chi connectivity index (χ0v) is 13.1. The summed E-state index contributed by atoms with van der Waals surface area (Å²) >= 11 is 5.74. The minimum absolute atomic E-state index is 0.000203. The van der Waals surface area contributed by atoms with Crippen molar-refractivity contribution in [3.05, 3.63) is 29.0 Å². The maximum atomic E-state index is 11.7. The summed E-state index contributed by atoms with van der Waals surface area (Å²) in [4.78, 5) is 38.7. The number of carbonyl (C=O) groups excluding carboxylic acids is 3. The van der Waals surface area contributed by atoms with Crippen LogP contribution in [-0.4, -0.2) is 42.0 Å². The zero-order chi connectivity index (χ0) is 16.5. The SMILES string of the molecule is CCCNC(=O)[C@@H](C)NC(=O)COC(=O)c1cccnc1Cl. The van der Waals surface area contributed by atoms with E-state index in [0.717, 1.165) is 6.42 Å². The number of halogens is 1. The highest BCUT2D eigenvalue weighted by Gasteiger charge is 2.17. The Hall–Kier alpha value is -2.15. The number of carbonyl (C=O) groups is 3. The number of nitrogens with zero attached hydrogens (tertiary/aromatic N) is 1. The van der Waals surface area contributed by atoms with Gasteiger partial charge in [0.25, 0.3) is 5.91 Å². The number of aromatic nitrogens is 1. The van der Waals surface area contributed by atoms with E-state index in [1.54, 1.807) is 6.92 Å². The van der Waals surface area contributed by atoms with Crippen molar-refractivity contribution >= 4 is 29.4 Å². The molecule has 0 aromatic carbocycles. The molecule has 0 fully saturated rings. The summed E-state index contributed by atoms with van der Waals surface area (Å²) < 4.78 is 4.83. The number of rotatable bonds is 7. The molecule has 0 bridgehead atoms. The lowest BCUT2D eigenvalue weighted by Gasteiger charge is -2.13. The third-order valence-corrected chi connectivity index (χ3v) is 2.93. The molecule has 0 saturated carbocycles. The lowest BCUT2D eigenvalue weighted by atomic mass is 10.3. The van der Waals surface area contributed by atoms with Crippen molar-refractivity contribution in [1.82, 2.24) is 15.6 Å². The van der Waals surface area contributed by atoms with Crippen molar-refractivity contribution in [3.8, 4) is 0 Å². The van der Waals surface area contributed by atoms with E-state index in [-0.39, 0.29) is 16.6 Å². The van der Waals surface area contributed by atoms with Crippen LogP contribution in [0.1, 0.15) is 30.6 Å². The molecular formula is C14H18ClN3O4. The Morgan fingerprint density at radius 2 is 2.14 bits per heavy atom. The van der Waals surface area contributed by atoms with Gasteiger partial charge in [-0.2, -0.15) is 0 Å². The Labute approximate surface area is 133 Å². The molecule has 120 valence electrons. The summed E-state index contributed by atoms with van der Waals surface area (Å²) in [6.07, 6.45) is 2.23. The minimum atomic E-state index is -0.753. The Kier molecular flexibility index (Phi) is 7.31. The number of amides is 2. The van der Waals surface area contributed by atoms with Crippen LogP contribution in [0.5, 0.6) is 0 Å². The Balaban J connectivity index is 2.41. The maximum Gasteiger partial charge on any atom is 0.341 e. The van der Waals surface area contributed by atoms with Gasteiger partial charge in [-0.3, -0.25) is 9.59 Å². The quantitative estimate of drug-likeness (QED) is 0.573. The van der Waals surface area contributed by atoms with Gasteiger partial charge in [0.15, 0.2) is 6.61 Å². The highest BCUT2D eigenvalue weighted by molar-refractivity contribution is 6.32. The van der Waals surface area contributed by atoms with Crippen molar-refractivity contribution in [2.24, 2.45) is 0 Å². The summed E-state index contributed by atoms with van der Waals surface area (Å²) in [6, 6.07) is 2.26. The van der Waals surface area contributed by atoms with E-state index in [2.05, 4.69) is 15.6 Å². The molecule has 0 aliphatic rings. The molecule has 0 saturated heterocycles. The number of nitrogens with one attached hydrogen (secondary N) is 2. The molecule has 1 atom stereocenters. The summed E-state index contributed by atoms with van der Waals surface area (Å²) in [7, 11) is 0. The highest BCUT2D eigenvalue weighted by atomic mass is 35.5. The van der Waals surface area contributed by atoms with Gasteiger partial charge in [0, 0.05) is 12.7 Å². The number of ether oxygens (including phenoxy) is 1. The predicted octanol–water partition coefficient (Wildman–Crippen LogP) is 0.923. The van der Waals surface area contributed by atoms with Gasteiger partial charge in [0.05, 0.1) is 5.56 Å². The van der Waals surface area contributed by atoms with Crippen molar-refractivity contribution in [3.63, 3.8) is 0 Å². The van der Waals surface area contributed by atoms with Gasteiger partial charge in [-0.25, -0.2) is 9.78 Å². The summed E-state index contributed by atoms with van der Waals surface area (Å²) in [5.41, 5.74) is 0.0747. The maximum absolute atomic E-state index is 11.7. The van der Waals surface area contributed by atoms with Crippen LogP contribution in [0.25, 0.3) is 0 Å². The van der Waals surface area contributed by atoms with E-state index in [1.165, 1.54) is 18.3 Å². The van der Waals surface area contributed by atoms with Crippen LogP contribution in [0.2, 0.25) is 5.15 Å². The monoisotopic (exact) mass is 327 g/mol. The third kappa shape index (κ3) is 5.69. The number of hydrogen-bond acceptors (Lipinski definition) is 5. The molecule has 1 aromatic rings. The molecule has 2 N–H and O–H groups in total. The van der Waals surface area contributed by atoms with Crippen LogP contribution in [0, 0.1) is 0 Å². The molecule has 0 radical (unpaired) electrons. The molecule has 0 aliphatic carbocycles. The lowest BCUT2D eigenvalue weighted by Crippen LogP contribution is -2.46. The van der Waals surface area contributed by atoms with Crippen molar-refractivity contribution in [2.45, 2.75) is 26.3 Å². The largest absolute Gasteiger partial charge is 0.452 e. The van der Waals surface area contributed by atoms with E-state index in [1.807, 2.05) is 6.92 Å². The van der Waals surface area contributed by atoms with E-state index >= 15 is 0 Å². The average Bonchev–Trinajstić information content (AvgIpc) is 2.50. The van der Waals surface area contributed by atoms with Gasteiger partial charge >= 0.3 is 5.97 Å². The summed E-state index contributed by atoms with van der Waals surface area (Å²) in [5.74, 6) is -1.62. The molecule has 7 nitrogen and oxygen atoms in total.